The van der Waals surface area contributed by atoms with Crippen LogP contribution in [-0.4, -0.2) is 10.2 Å². The van der Waals surface area contributed by atoms with Crippen LogP contribution >= 0.6 is 23.1 Å². The van der Waals surface area contributed by atoms with Crippen LogP contribution in [0.1, 0.15) is 27.7 Å². The van der Waals surface area contributed by atoms with Crippen molar-refractivity contribution < 1.29 is 9.90 Å². The smallest absolute Gasteiger partial charge is 0.234 e. The largest absolute Gasteiger partial charge is 0.507 e. The molecular formula is C20H18N2O2S2. The molecule has 0 aliphatic rings. The minimum Gasteiger partial charge on any atom is -0.507 e. The van der Waals surface area contributed by atoms with Crippen LogP contribution in [0.2, 0.25) is 0 Å². The molecule has 0 atom stereocenters. The number of thioether (sulfide) groups is 1. The van der Waals surface area contributed by atoms with Crippen molar-refractivity contribution in [2.75, 3.05) is 0 Å². The van der Waals surface area contributed by atoms with Crippen molar-refractivity contribution in [2.24, 2.45) is 10.2 Å². The van der Waals surface area contributed by atoms with Gasteiger partial charge < -0.3 is 5.11 Å². The topological polar surface area (TPSA) is 62.0 Å². The Morgan fingerprint density at radius 1 is 1.12 bits per heavy atom. The van der Waals surface area contributed by atoms with Gasteiger partial charge in [-0.1, -0.05) is 25.1 Å². The highest BCUT2D eigenvalue weighted by Gasteiger charge is 2.11. The van der Waals surface area contributed by atoms with Crippen molar-refractivity contribution in [3.8, 4) is 5.75 Å². The van der Waals surface area contributed by atoms with Crippen LogP contribution in [0, 0.1) is 6.92 Å². The minimum atomic E-state index is -0.00334. The molecule has 0 fully saturated rings. The number of rotatable bonds is 5. The zero-order chi connectivity index (χ0) is 18.5. The summed E-state index contributed by atoms with van der Waals surface area (Å²) in [6, 6.07) is 16.8. The summed E-state index contributed by atoms with van der Waals surface area (Å²) in [5.41, 5.74) is 2.32. The molecule has 0 aliphatic heterocycles. The summed E-state index contributed by atoms with van der Waals surface area (Å²) in [5, 5.41) is 19.1. The van der Waals surface area contributed by atoms with Crippen LogP contribution in [0.25, 0.3) is 0 Å². The van der Waals surface area contributed by atoms with Crippen molar-refractivity contribution >= 4 is 38.9 Å². The molecule has 0 aliphatic carbocycles. The number of hydrogen-bond donors (Lipinski definition) is 1. The third kappa shape index (κ3) is 4.39. The standard InChI is InChI=1S/C20H18N2O2S2/c1-3-14-12-15(11-13(2)19(14)23)21-22-18-10-9-17(26-18)20(24)25-16-7-5-4-6-8-16/h4-12,23H,3H2,1-2H3. The van der Waals surface area contributed by atoms with Crippen molar-refractivity contribution in [3.05, 3.63) is 70.6 Å². The Labute approximate surface area is 160 Å². The van der Waals surface area contributed by atoms with Crippen LogP contribution in [0.15, 0.2) is 69.7 Å². The van der Waals surface area contributed by atoms with Gasteiger partial charge in [0.1, 0.15) is 10.8 Å². The summed E-state index contributed by atoms with van der Waals surface area (Å²) in [6.45, 7) is 3.83. The number of hydrogen-bond acceptors (Lipinski definition) is 6. The summed E-state index contributed by atoms with van der Waals surface area (Å²) in [7, 11) is 0. The summed E-state index contributed by atoms with van der Waals surface area (Å²) in [5.74, 6) is 0.313. The number of phenols is 1. The zero-order valence-corrected chi connectivity index (χ0v) is 16.1. The first-order chi connectivity index (χ1) is 12.6. The van der Waals surface area contributed by atoms with E-state index in [1.165, 1.54) is 23.1 Å². The second kappa shape index (κ2) is 8.29. The SMILES string of the molecule is CCc1cc(N=Nc2ccc(C(=O)Sc3ccccc3)s2)cc(C)c1O. The summed E-state index contributed by atoms with van der Waals surface area (Å²) in [6.07, 6.45) is 0.727. The average molecular weight is 383 g/mol. The average Bonchev–Trinajstić information content (AvgIpc) is 3.12. The predicted molar refractivity (Wildman–Crippen MR) is 107 cm³/mol. The van der Waals surface area contributed by atoms with Gasteiger partial charge in [-0.3, -0.25) is 4.79 Å². The number of nitrogens with zero attached hydrogens (tertiary/aromatic N) is 2. The maximum Gasteiger partial charge on any atom is 0.234 e. The maximum absolute atomic E-state index is 12.3. The molecular weight excluding hydrogens is 364 g/mol. The van der Waals surface area contributed by atoms with Gasteiger partial charge in [0.25, 0.3) is 0 Å². The van der Waals surface area contributed by atoms with Crippen LogP contribution < -0.4 is 0 Å². The first kappa shape index (κ1) is 18.4. The lowest BCUT2D eigenvalue weighted by Gasteiger charge is -2.05. The number of aryl methyl sites for hydroxylation is 2. The van der Waals surface area contributed by atoms with Gasteiger partial charge in [0.15, 0.2) is 0 Å². The molecule has 3 rings (SSSR count). The number of carbonyl (C=O) groups excluding carboxylic acids is 1. The van der Waals surface area contributed by atoms with E-state index in [2.05, 4.69) is 10.2 Å². The van der Waals surface area contributed by atoms with Gasteiger partial charge in [-0.05, 0) is 72.6 Å². The minimum absolute atomic E-state index is 0.00334. The third-order valence-corrected chi connectivity index (χ3v) is 5.77. The molecule has 0 unspecified atom stereocenters. The number of aromatic hydroxyl groups is 1. The van der Waals surface area contributed by atoms with E-state index in [9.17, 15) is 9.90 Å². The van der Waals surface area contributed by atoms with E-state index < -0.39 is 0 Å². The van der Waals surface area contributed by atoms with Gasteiger partial charge in [0.05, 0.1) is 10.6 Å². The van der Waals surface area contributed by atoms with Crippen LogP contribution in [0.3, 0.4) is 0 Å². The van der Waals surface area contributed by atoms with Gasteiger partial charge >= 0.3 is 0 Å². The number of thiophene rings is 1. The molecule has 3 aromatic rings. The molecule has 0 radical (unpaired) electrons. The zero-order valence-electron chi connectivity index (χ0n) is 14.5. The van der Waals surface area contributed by atoms with E-state index in [4.69, 9.17) is 0 Å². The lowest BCUT2D eigenvalue weighted by molar-refractivity contribution is 0.109. The summed E-state index contributed by atoms with van der Waals surface area (Å²) >= 11 is 2.52. The molecule has 1 aromatic heterocycles. The van der Waals surface area contributed by atoms with E-state index in [0.717, 1.165) is 22.4 Å². The Kier molecular flexibility index (Phi) is 5.85. The normalized spacial score (nSPS) is 11.2. The molecule has 1 heterocycles. The van der Waals surface area contributed by atoms with E-state index >= 15 is 0 Å². The first-order valence-corrected chi connectivity index (χ1v) is 9.81. The molecule has 26 heavy (non-hydrogen) atoms. The van der Waals surface area contributed by atoms with Crippen molar-refractivity contribution in [3.63, 3.8) is 0 Å². The molecule has 4 nitrogen and oxygen atoms in total. The van der Waals surface area contributed by atoms with Gasteiger partial charge in [-0.2, -0.15) is 0 Å². The predicted octanol–water partition coefficient (Wildman–Crippen LogP) is 6.67. The van der Waals surface area contributed by atoms with Gasteiger partial charge in [-0.15, -0.1) is 21.6 Å². The molecule has 132 valence electrons. The fraction of sp³-hybridized carbons (Fsp3) is 0.150. The summed E-state index contributed by atoms with van der Waals surface area (Å²) < 4.78 is 0. The molecule has 0 saturated heterocycles. The van der Waals surface area contributed by atoms with E-state index in [0.29, 0.717) is 21.3 Å². The molecule has 2 aromatic carbocycles. The van der Waals surface area contributed by atoms with Crippen molar-refractivity contribution in [2.45, 2.75) is 25.2 Å². The Hall–Kier alpha value is -2.44. The van der Waals surface area contributed by atoms with Crippen molar-refractivity contribution in [1.29, 1.82) is 0 Å². The van der Waals surface area contributed by atoms with Gasteiger partial charge in [-0.25, -0.2) is 0 Å². The Morgan fingerprint density at radius 3 is 2.62 bits per heavy atom. The fourth-order valence-electron chi connectivity index (χ4n) is 2.40. The Balaban J connectivity index is 1.73. The Morgan fingerprint density at radius 2 is 1.88 bits per heavy atom. The monoisotopic (exact) mass is 382 g/mol. The third-order valence-electron chi connectivity index (χ3n) is 3.76. The van der Waals surface area contributed by atoms with Crippen molar-refractivity contribution in [1.82, 2.24) is 0 Å². The maximum atomic E-state index is 12.3. The molecule has 0 amide bonds. The highest BCUT2D eigenvalue weighted by molar-refractivity contribution is 8.14. The molecule has 0 saturated carbocycles. The van der Waals surface area contributed by atoms with Crippen LogP contribution in [0.5, 0.6) is 5.75 Å². The second-order valence-corrected chi connectivity index (χ2v) is 7.77. The van der Waals surface area contributed by atoms with Gasteiger partial charge in [0, 0.05) is 4.90 Å². The number of carbonyl (C=O) groups is 1. The lowest BCUT2D eigenvalue weighted by Crippen LogP contribution is -1.87. The van der Waals surface area contributed by atoms with Gasteiger partial charge in [0.2, 0.25) is 5.12 Å². The lowest BCUT2D eigenvalue weighted by atomic mass is 10.1. The molecule has 6 heteroatoms. The first-order valence-electron chi connectivity index (χ1n) is 8.18. The van der Waals surface area contributed by atoms with E-state index in [-0.39, 0.29) is 5.12 Å². The molecule has 1 N–H and O–H groups in total. The fourth-order valence-corrected chi connectivity index (χ4v) is 3.99. The highest BCUT2D eigenvalue weighted by atomic mass is 32.2. The quantitative estimate of drug-likeness (QED) is 0.396. The highest BCUT2D eigenvalue weighted by Crippen LogP contribution is 2.33. The summed E-state index contributed by atoms with van der Waals surface area (Å²) in [4.78, 5) is 13.9. The second-order valence-electron chi connectivity index (χ2n) is 5.66. The number of benzene rings is 2. The Bertz CT molecular complexity index is 950. The van der Waals surface area contributed by atoms with Crippen LogP contribution in [-0.2, 0) is 6.42 Å². The molecule has 0 bridgehead atoms. The molecule has 0 spiro atoms. The van der Waals surface area contributed by atoms with Crippen LogP contribution in [0.4, 0.5) is 10.7 Å². The van der Waals surface area contributed by atoms with E-state index in [1.807, 2.05) is 50.2 Å². The number of phenolic OH excluding ortho intramolecular Hbond substituents is 1. The number of azo groups is 1. The van der Waals surface area contributed by atoms with E-state index in [1.54, 1.807) is 18.2 Å².